The first-order valence-electron chi connectivity index (χ1n) is 7.45. The molecule has 2 atom stereocenters. The summed E-state index contributed by atoms with van der Waals surface area (Å²) in [7, 11) is 1.98. The molecule has 0 aromatic heterocycles. The number of hydrogen-bond acceptors (Lipinski definition) is 3. The zero-order valence-electron chi connectivity index (χ0n) is 11.9. The molecule has 0 aliphatic carbocycles. The fourth-order valence-corrected chi connectivity index (χ4v) is 3.33. The molecule has 0 radical (unpaired) electrons. The zero-order valence-corrected chi connectivity index (χ0v) is 11.9. The van der Waals surface area contributed by atoms with E-state index in [1.165, 1.54) is 12.0 Å². The van der Waals surface area contributed by atoms with Crippen molar-refractivity contribution in [2.75, 3.05) is 26.8 Å². The van der Waals surface area contributed by atoms with Gasteiger partial charge in [0.25, 0.3) is 5.91 Å². The lowest BCUT2D eigenvalue weighted by molar-refractivity contribution is 0.0402. The molecule has 2 heterocycles. The third-order valence-electron chi connectivity index (χ3n) is 4.40. The van der Waals surface area contributed by atoms with Gasteiger partial charge in [-0.05, 0) is 43.5 Å². The molecule has 108 valence electrons. The number of benzene rings is 1. The minimum absolute atomic E-state index is 0.0582. The highest BCUT2D eigenvalue weighted by Gasteiger charge is 2.26. The molecule has 4 heteroatoms. The first-order valence-corrected chi connectivity index (χ1v) is 7.45. The maximum absolute atomic E-state index is 12.0. The van der Waals surface area contributed by atoms with E-state index >= 15 is 0 Å². The van der Waals surface area contributed by atoms with Gasteiger partial charge in [0.2, 0.25) is 0 Å². The average molecular weight is 274 g/mol. The summed E-state index contributed by atoms with van der Waals surface area (Å²) in [6.07, 6.45) is 3.22. The van der Waals surface area contributed by atoms with Crippen LogP contribution in [0.4, 0.5) is 0 Å². The first-order chi connectivity index (χ1) is 9.79. The largest absolute Gasteiger partial charge is 0.381 e. The number of rotatable bonds is 3. The molecule has 2 aliphatic heterocycles. The topological polar surface area (TPSA) is 50.4 Å². The highest BCUT2D eigenvalue weighted by Crippen LogP contribution is 2.30. The van der Waals surface area contributed by atoms with Crippen molar-refractivity contribution in [3.63, 3.8) is 0 Å². The molecule has 2 aliphatic rings. The van der Waals surface area contributed by atoms with Crippen molar-refractivity contribution in [3.8, 4) is 0 Å². The third-order valence-corrected chi connectivity index (χ3v) is 4.40. The zero-order chi connectivity index (χ0) is 13.9. The second-order valence-electron chi connectivity index (χ2n) is 5.67. The van der Waals surface area contributed by atoms with Crippen LogP contribution in [0.2, 0.25) is 0 Å². The van der Waals surface area contributed by atoms with E-state index in [0.717, 1.165) is 43.7 Å². The van der Waals surface area contributed by atoms with Gasteiger partial charge >= 0.3 is 0 Å². The lowest BCUT2D eigenvalue weighted by Gasteiger charge is -2.31. The lowest BCUT2D eigenvalue weighted by atomic mass is 9.86. The monoisotopic (exact) mass is 274 g/mol. The average Bonchev–Trinajstić information content (AvgIpc) is 2.50. The van der Waals surface area contributed by atoms with Gasteiger partial charge < -0.3 is 15.4 Å². The van der Waals surface area contributed by atoms with E-state index in [1.807, 2.05) is 7.05 Å². The Labute approximate surface area is 119 Å². The van der Waals surface area contributed by atoms with Crippen molar-refractivity contribution in [1.29, 1.82) is 0 Å². The Morgan fingerprint density at radius 3 is 3.10 bits per heavy atom. The van der Waals surface area contributed by atoms with Gasteiger partial charge in [-0.1, -0.05) is 12.1 Å². The summed E-state index contributed by atoms with van der Waals surface area (Å²) in [5.41, 5.74) is 3.19. The molecule has 0 saturated carbocycles. The van der Waals surface area contributed by atoms with Crippen molar-refractivity contribution >= 4 is 5.91 Å². The number of amides is 1. The molecule has 1 amide bonds. The Balaban J connectivity index is 1.88. The van der Waals surface area contributed by atoms with Crippen molar-refractivity contribution in [3.05, 3.63) is 34.9 Å². The van der Waals surface area contributed by atoms with E-state index in [0.29, 0.717) is 5.92 Å². The molecule has 1 fully saturated rings. The van der Waals surface area contributed by atoms with Gasteiger partial charge in [-0.3, -0.25) is 4.79 Å². The van der Waals surface area contributed by atoms with Gasteiger partial charge in [0.05, 0.1) is 6.61 Å². The highest BCUT2D eigenvalue weighted by molar-refractivity contribution is 5.96. The normalized spacial score (nSPS) is 23.9. The summed E-state index contributed by atoms with van der Waals surface area (Å²) in [6, 6.07) is 6.58. The summed E-state index contributed by atoms with van der Waals surface area (Å²) in [5, 5.41) is 6.32. The molecule has 1 aromatic rings. The highest BCUT2D eigenvalue weighted by atomic mass is 16.5. The van der Waals surface area contributed by atoms with E-state index in [2.05, 4.69) is 28.8 Å². The Morgan fingerprint density at radius 1 is 1.45 bits per heavy atom. The smallest absolute Gasteiger partial charge is 0.251 e. The molecule has 2 N–H and O–H groups in total. The molecule has 3 rings (SSSR count). The Hall–Kier alpha value is -1.39. The van der Waals surface area contributed by atoms with Crippen LogP contribution >= 0.6 is 0 Å². The molecular formula is C16H22N2O2. The molecule has 2 unspecified atom stereocenters. The van der Waals surface area contributed by atoms with Gasteiger partial charge in [0.15, 0.2) is 0 Å². The standard InChI is InChI=1S/C16H22N2O2/c1-17-15(13-3-2-8-20-10-13)12-5-4-11-6-7-18-16(19)14(11)9-12/h4-5,9,13,15,17H,2-3,6-8,10H2,1H3,(H,18,19). The SMILES string of the molecule is CNC(c1ccc2c(c1)C(=O)NCC2)C1CCCOC1. The molecule has 1 aromatic carbocycles. The van der Waals surface area contributed by atoms with Crippen LogP contribution in [0.1, 0.15) is 40.4 Å². The van der Waals surface area contributed by atoms with Gasteiger partial charge in [-0.15, -0.1) is 0 Å². The van der Waals surface area contributed by atoms with E-state index < -0.39 is 0 Å². The Bertz CT molecular complexity index is 495. The molecule has 0 bridgehead atoms. The third kappa shape index (κ3) is 2.58. The van der Waals surface area contributed by atoms with Gasteiger partial charge in [0, 0.05) is 30.7 Å². The summed E-state index contributed by atoms with van der Waals surface area (Å²) in [4.78, 5) is 12.0. The lowest BCUT2D eigenvalue weighted by Crippen LogP contribution is -2.34. The molecule has 20 heavy (non-hydrogen) atoms. The van der Waals surface area contributed by atoms with Gasteiger partial charge in [-0.25, -0.2) is 0 Å². The maximum atomic E-state index is 12.0. The van der Waals surface area contributed by atoms with Crippen LogP contribution in [0.15, 0.2) is 18.2 Å². The van der Waals surface area contributed by atoms with Crippen LogP contribution in [-0.2, 0) is 11.2 Å². The van der Waals surface area contributed by atoms with Crippen LogP contribution in [0, 0.1) is 5.92 Å². The summed E-state index contributed by atoms with van der Waals surface area (Å²) in [6.45, 7) is 2.42. The fraction of sp³-hybridized carbons (Fsp3) is 0.562. The number of carbonyl (C=O) groups excluding carboxylic acids is 1. The summed E-state index contributed by atoms with van der Waals surface area (Å²) < 4.78 is 5.60. The quantitative estimate of drug-likeness (QED) is 0.881. The number of hydrogen-bond donors (Lipinski definition) is 2. The van der Waals surface area contributed by atoms with Crippen molar-refractivity contribution in [2.45, 2.75) is 25.3 Å². The van der Waals surface area contributed by atoms with Crippen molar-refractivity contribution < 1.29 is 9.53 Å². The van der Waals surface area contributed by atoms with Gasteiger partial charge in [-0.2, -0.15) is 0 Å². The van der Waals surface area contributed by atoms with Crippen molar-refractivity contribution in [1.82, 2.24) is 10.6 Å². The molecule has 0 spiro atoms. The molecule has 4 nitrogen and oxygen atoms in total. The van der Waals surface area contributed by atoms with Crippen LogP contribution in [0.3, 0.4) is 0 Å². The fourth-order valence-electron chi connectivity index (χ4n) is 3.33. The van der Waals surface area contributed by atoms with Crippen LogP contribution in [-0.4, -0.2) is 32.7 Å². The Morgan fingerprint density at radius 2 is 2.35 bits per heavy atom. The predicted molar refractivity (Wildman–Crippen MR) is 77.8 cm³/mol. The van der Waals surface area contributed by atoms with E-state index in [4.69, 9.17) is 4.74 Å². The second-order valence-corrected chi connectivity index (χ2v) is 5.67. The number of nitrogens with one attached hydrogen (secondary N) is 2. The van der Waals surface area contributed by atoms with E-state index in [9.17, 15) is 4.79 Å². The van der Waals surface area contributed by atoms with Crippen LogP contribution < -0.4 is 10.6 Å². The maximum Gasteiger partial charge on any atom is 0.251 e. The first kappa shape index (κ1) is 13.6. The summed E-state index contributed by atoms with van der Waals surface area (Å²) in [5.74, 6) is 0.543. The number of ether oxygens (including phenoxy) is 1. The van der Waals surface area contributed by atoms with Crippen LogP contribution in [0.25, 0.3) is 0 Å². The summed E-state index contributed by atoms with van der Waals surface area (Å²) >= 11 is 0. The number of carbonyl (C=O) groups is 1. The van der Waals surface area contributed by atoms with E-state index in [1.54, 1.807) is 0 Å². The Kier molecular flexibility index (Phi) is 4.03. The number of fused-ring (bicyclic) bond motifs is 1. The molecule has 1 saturated heterocycles. The predicted octanol–water partition coefficient (Wildman–Crippen LogP) is 1.66. The second kappa shape index (κ2) is 5.94. The molecular weight excluding hydrogens is 252 g/mol. The van der Waals surface area contributed by atoms with E-state index in [-0.39, 0.29) is 11.9 Å². The minimum atomic E-state index is 0.0582. The van der Waals surface area contributed by atoms with Gasteiger partial charge in [0.1, 0.15) is 0 Å². The van der Waals surface area contributed by atoms with Crippen molar-refractivity contribution in [2.24, 2.45) is 5.92 Å². The minimum Gasteiger partial charge on any atom is -0.381 e. The van der Waals surface area contributed by atoms with Crippen LogP contribution in [0.5, 0.6) is 0 Å².